The number of aromatic amines is 1. The van der Waals surface area contributed by atoms with Crippen LogP contribution in [0.4, 0.5) is 13.2 Å². The van der Waals surface area contributed by atoms with Crippen LogP contribution in [0.1, 0.15) is 24.2 Å². The van der Waals surface area contributed by atoms with Gasteiger partial charge >= 0.3 is 6.18 Å². The SMILES string of the molecule is FC(F)(F)c1c(-c2cc(Cl)c3[nH]ccc3c2)ccn2c(CC3CC3)nnc12. The first-order chi connectivity index (χ1) is 12.9. The minimum Gasteiger partial charge on any atom is -0.360 e. The molecule has 1 aromatic carbocycles. The van der Waals surface area contributed by atoms with E-state index in [-0.39, 0.29) is 11.2 Å². The summed E-state index contributed by atoms with van der Waals surface area (Å²) in [5.74, 6) is 1.07. The number of hydrogen-bond donors (Lipinski definition) is 1. The predicted molar refractivity (Wildman–Crippen MR) is 96.7 cm³/mol. The lowest BCUT2D eigenvalue weighted by Crippen LogP contribution is -2.11. The van der Waals surface area contributed by atoms with Crippen LogP contribution in [-0.4, -0.2) is 19.6 Å². The molecule has 1 N–H and O–H groups in total. The second-order valence-electron chi connectivity index (χ2n) is 6.96. The number of hydrogen-bond acceptors (Lipinski definition) is 2. The van der Waals surface area contributed by atoms with Gasteiger partial charge in [0.2, 0.25) is 0 Å². The molecule has 4 nitrogen and oxygen atoms in total. The van der Waals surface area contributed by atoms with E-state index in [2.05, 4.69) is 15.2 Å². The summed E-state index contributed by atoms with van der Waals surface area (Å²) in [6.45, 7) is 0. The largest absolute Gasteiger partial charge is 0.420 e. The molecule has 0 amide bonds. The molecule has 0 radical (unpaired) electrons. The first-order valence-electron chi connectivity index (χ1n) is 8.62. The fraction of sp³-hybridized carbons (Fsp3) is 0.263. The molecule has 0 unspecified atom stereocenters. The molecule has 1 fully saturated rings. The molecule has 0 saturated heterocycles. The van der Waals surface area contributed by atoms with E-state index < -0.39 is 11.7 Å². The molecule has 4 aromatic rings. The van der Waals surface area contributed by atoms with Crippen LogP contribution in [0, 0.1) is 5.92 Å². The highest BCUT2D eigenvalue weighted by atomic mass is 35.5. The topological polar surface area (TPSA) is 46.0 Å². The lowest BCUT2D eigenvalue weighted by atomic mass is 9.99. The van der Waals surface area contributed by atoms with Gasteiger partial charge in [-0.1, -0.05) is 11.6 Å². The number of aromatic nitrogens is 4. The van der Waals surface area contributed by atoms with Gasteiger partial charge in [-0.15, -0.1) is 10.2 Å². The Kier molecular flexibility index (Phi) is 3.53. The van der Waals surface area contributed by atoms with E-state index in [1.165, 1.54) is 10.5 Å². The van der Waals surface area contributed by atoms with E-state index in [0.29, 0.717) is 34.3 Å². The highest BCUT2D eigenvalue weighted by molar-refractivity contribution is 6.35. The third kappa shape index (κ3) is 2.77. The zero-order valence-corrected chi connectivity index (χ0v) is 14.8. The fourth-order valence-electron chi connectivity index (χ4n) is 3.52. The Morgan fingerprint density at radius 1 is 1.19 bits per heavy atom. The maximum Gasteiger partial charge on any atom is 0.420 e. The van der Waals surface area contributed by atoms with Crippen molar-refractivity contribution >= 4 is 28.2 Å². The van der Waals surface area contributed by atoms with Crippen molar-refractivity contribution in [1.29, 1.82) is 0 Å². The number of nitrogens with one attached hydrogen (secondary N) is 1. The molecule has 1 saturated carbocycles. The average Bonchev–Trinajstić information content (AvgIpc) is 3.13. The van der Waals surface area contributed by atoms with Crippen molar-refractivity contribution in [3.05, 3.63) is 53.1 Å². The smallest absolute Gasteiger partial charge is 0.360 e. The van der Waals surface area contributed by atoms with Crippen LogP contribution in [0.2, 0.25) is 5.02 Å². The molecule has 0 spiro atoms. The summed E-state index contributed by atoms with van der Waals surface area (Å²) >= 11 is 6.26. The summed E-state index contributed by atoms with van der Waals surface area (Å²) < 4.78 is 43.4. The molecule has 3 heterocycles. The molecular weight excluding hydrogens is 377 g/mol. The Hall–Kier alpha value is -2.54. The molecular formula is C19H14ClF3N4. The highest BCUT2D eigenvalue weighted by Crippen LogP contribution is 2.41. The summed E-state index contributed by atoms with van der Waals surface area (Å²) in [6, 6.07) is 6.49. The Bertz CT molecular complexity index is 1170. The lowest BCUT2D eigenvalue weighted by molar-refractivity contribution is -0.136. The Morgan fingerprint density at radius 3 is 2.74 bits per heavy atom. The fourth-order valence-corrected chi connectivity index (χ4v) is 3.81. The molecule has 0 bridgehead atoms. The van der Waals surface area contributed by atoms with Crippen LogP contribution in [0.5, 0.6) is 0 Å². The van der Waals surface area contributed by atoms with E-state index in [4.69, 9.17) is 11.6 Å². The number of pyridine rings is 1. The van der Waals surface area contributed by atoms with Gasteiger partial charge in [-0.3, -0.25) is 4.40 Å². The summed E-state index contributed by atoms with van der Waals surface area (Å²) in [5, 5.41) is 9.03. The summed E-state index contributed by atoms with van der Waals surface area (Å²) in [6.07, 6.45) is 1.59. The number of rotatable bonds is 3. The molecule has 0 aliphatic heterocycles. The number of fused-ring (bicyclic) bond motifs is 2. The van der Waals surface area contributed by atoms with Gasteiger partial charge in [0.05, 0.1) is 10.5 Å². The van der Waals surface area contributed by atoms with Crippen molar-refractivity contribution in [2.75, 3.05) is 0 Å². The third-order valence-corrected chi connectivity index (χ3v) is 5.32. The van der Waals surface area contributed by atoms with Gasteiger partial charge in [-0.25, -0.2) is 0 Å². The molecule has 138 valence electrons. The molecule has 1 aliphatic carbocycles. The molecule has 5 rings (SSSR count). The first kappa shape index (κ1) is 16.6. The first-order valence-corrected chi connectivity index (χ1v) is 9.00. The zero-order chi connectivity index (χ0) is 18.8. The van der Waals surface area contributed by atoms with Gasteiger partial charge in [-0.2, -0.15) is 13.2 Å². The quantitative estimate of drug-likeness (QED) is 0.502. The summed E-state index contributed by atoms with van der Waals surface area (Å²) in [4.78, 5) is 2.99. The molecule has 0 atom stereocenters. The van der Waals surface area contributed by atoms with Crippen molar-refractivity contribution in [1.82, 2.24) is 19.6 Å². The van der Waals surface area contributed by atoms with Gasteiger partial charge in [0.15, 0.2) is 5.65 Å². The van der Waals surface area contributed by atoms with Gasteiger partial charge in [0, 0.05) is 24.2 Å². The van der Waals surface area contributed by atoms with Crippen molar-refractivity contribution in [3.63, 3.8) is 0 Å². The Labute approximate surface area is 157 Å². The van der Waals surface area contributed by atoms with Crippen LogP contribution < -0.4 is 0 Å². The number of nitrogens with zero attached hydrogens (tertiary/aromatic N) is 3. The van der Waals surface area contributed by atoms with Crippen LogP contribution >= 0.6 is 11.6 Å². The third-order valence-electron chi connectivity index (χ3n) is 5.02. The zero-order valence-electron chi connectivity index (χ0n) is 14.0. The monoisotopic (exact) mass is 390 g/mol. The maximum atomic E-state index is 14.0. The Balaban J connectivity index is 1.75. The van der Waals surface area contributed by atoms with Crippen molar-refractivity contribution in [3.8, 4) is 11.1 Å². The second kappa shape index (κ2) is 5.73. The number of H-pyrrole nitrogens is 1. The number of benzene rings is 1. The van der Waals surface area contributed by atoms with E-state index >= 15 is 0 Å². The van der Waals surface area contributed by atoms with E-state index in [0.717, 1.165) is 18.2 Å². The molecule has 8 heteroatoms. The van der Waals surface area contributed by atoms with Crippen molar-refractivity contribution < 1.29 is 13.2 Å². The van der Waals surface area contributed by atoms with Gasteiger partial charge in [0.25, 0.3) is 0 Å². The molecule has 3 aromatic heterocycles. The van der Waals surface area contributed by atoms with Gasteiger partial charge < -0.3 is 4.98 Å². The Morgan fingerprint density at radius 2 is 2.00 bits per heavy atom. The van der Waals surface area contributed by atoms with Crippen molar-refractivity contribution in [2.24, 2.45) is 5.92 Å². The van der Waals surface area contributed by atoms with E-state index in [1.54, 1.807) is 30.6 Å². The van der Waals surface area contributed by atoms with Crippen molar-refractivity contribution in [2.45, 2.75) is 25.4 Å². The highest BCUT2D eigenvalue weighted by Gasteiger charge is 2.38. The minimum absolute atomic E-state index is 0.0466. The van der Waals surface area contributed by atoms with Crippen LogP contribution in [0.25, 0.3) is 27.7 Å². The second-order valence-corrected chi connectivity index (χ2v) is 7.37. The lowest BCUT2D eigenvalue weighted by Gasteiger charge is -2.15. The van der Waals surface area contributed by atoms with E-state index in [1.807, 2.05) is 0 Å². The number of alkyl halides is 3. The van der Waals surface area contributed by atoms with Crippen LogP contribution in [-0.2, 0) is 12.6 Å². The average molecular weight is 391 g/mol. The van der Waals surface area contributed by atoms with Crippen LogP contribution in [0.15, 0.2) is 36.7 Å². The molecule has 1 aliphatic rings. The van der Waals surface area contributed by atoms with Gasteiger partial charge in [-0.05, 0) is 54.2 Å². The molecule has 27 heavy (non-hydrogen) atoms. The minimum atomic E-state index is -4.57. The van der Waals surface area contributed by atoms with Crippen LogP contribution in [0.3, 0.4) is 0 Å². The summed E-state index contributed by atoms with van der Waals surface area (Å²) in [5.41, 5.74) is 0.190. The standard InChI is InChI=1S/C19H14ClF3N4/c20-14-9-12(8-11-3-5-24-17(11)14)13-4-6-27-15(7-10-1-2-10)25-26-18(27)16(13)19(21,22)23/h3-6,8-10,24H,1-2,7H2. The summed E-state index contributed by atoms with van der Waals surface area (Å²) in [7, 11) is 0. The number of halogens is 4. The predicted octanol–water partition coefficient (Wildman–Crippen LogP) is 5.50. The normalized spacial score (nSPS) is 15.1. The van der Waals surface area contributed by atoms with E-state index in [9.17, 15) is 13.2 Å². The maximum absolute atomic E-state index is 14.0. The van der Waals surface area contributed by atoms with Gasteiger partial charge in [0.1, 0.15) is 11.4 Å².